The summed E-state index contributed by atoms with van der Waals surface area (Å²) in [5.74, 6) is 0.914. The molecule has 0 heterocycles. The number of methoxy groups -OCH3 is 1. The van der Waals surface area contributed by atoms with Crippen LogP contribution in [0.3, 0.4) is 0 Å². The van der Waals surface area contributed by atoms with Crippen molar-refractivity contribution in [2.75, 3.05) is 25.7 Å². The van der Waals surface area contributed by atoms with Crippen LogP contribution in [0.1, 0.15) is 18.5 Å². The Balaban J connectivity index is 2.39. The maximum atomic E-state index is 11.6. The zero-order valence-corrected chi connectivity index (χ0v) is 13.4. The molecule has 0 aliphatic carbocycles. The Morgan fingerprint density at radius 1 is 1.14 bits per heavy atom. The standard InChI is InChI=1S/C16H21NO3S/c1-4-17-16(11-21(3,18)19)14-6-5-13-10-15(20-2)8-7-12(13)9-14/h5-10,16-17H,4,11H2,1-3H3. The number of sulfone groups is 1. The van der Waals surface area contributed by atoms with Crippen LogP contribution >= 0.6 is 0 Å². The average molecular weight is 307 g/mol. The first kappa shape index (κ1) is 15.8. The van der Waals surface area contributed by atoms with Crippen LogP contribution in [0, 0.1) is 0 Å². The molecule has 2 aromatic rings. The molecule has 0 radical (unpaired) electrons. The van der Waals surface area contributed by atoms with Crippen LogP contribution in [0.15, 0.2) is 36.4 Å². The van der Waals surface area contributed by atoms with Gasteiger partial charge in [0.05, 0.1) is 12.9 Å². The summed E-state index contributed by atoms with van der Waals surface area (Å²) >= 11 is 0. The predicted molar refractivity (Wildman–Crippen MR) is 86.6 cm³/mol. The SMILES string of the molecule is CCNC(CS(C)(=O)=O)c1ccc2cc(OC)ccc2c1. The first-order valence-electron chi connectivity index (χ1n) is 6.91. The van der Waals surface area contributed by atoms with Gasteiger partial charge in [-0.1, -0.05) is 25.1 Å². The fourth-order valence-corrected chi connectivity index (χ4v) is 3.32. The molecule has 0 fully saturated rings. The van der Waals surface area contributed by atoms with Crippen molar-refractivity contribution in [3.8, 4) is 5.75 Å². The fourth-order valence-electron chi connectivity index (χ4n) is 2.41. The number of ether oxygens (including phenoxy) is 1. The molecule has 1 unspecified atom stereocenters. The highest BCUT2D eigenvalue weighted by atomic mass is 32.2. The van der Waals surface area contributed by atoms with Crippen molar-refractivity contribution < 1.29 is 13.2 Å². The highest BCUT2D eigenvalue weighted by Gasteiger charge is 2.16. The van der Waals surface area contributed by atoms with Gasteiger partial charge in [0.1, 0.15) is 15.6 Å². The van der Waals surface area contributed by atoms with Crippen LogP contribution in [-0.4, -0.2) is 34.1 Å². The lowest BCUT2D eigenvalue weighted by Crippen LogP contribution is -2.27. The van der Waals surface area contributed by atoms with Gasteiger partial charge in [0, 0.05) is 12.3 Å². The zero-order valence-electron chi connectivity index (χ0n) is 12.6. The average Bonchev–Trinajstić information content (AvgIpc) is 2.44. The molecule has 0 saturated carbocycles. The molecular weight excluding hydrogens is 286 g/mol. The van der Waals surface area contributed by atoms with E-state index in [-0.39, 0.29) is 11.8 Å². The third-order valence-corrected chi connectivity index (χ3v) is 4.33. The molecule has 0 aliphatic heterocycles. The third kappa shape index (κ3) is 4.19. The number of rotatable bonds is 6. The van der Waals surface area contributed by atoms with Gasteiger partial charge in [0.15, 0.2) is 0 Å². The molecule has 0 amide bonds. The van der Waals surface area contributed by atoms with Crippen LogP contribution in [0.4, 0.5) is 0 Å². The Kier molecular flexibility index (Phi) is 4.85. The summed E-state index contributed by atoms with van der Waals surface area (Å²) in [6.07, 6.45) is 1.27. The van der Waals surface area contributed by atoms with E-state index >= 15 is 0 Å². The summed E-state index contributed by atoms with van der Waals surface area (Å²) in [5.41, 5.74) is 0.986. The summed E-state index contributed by atoms with van der Waals surface area (Å²) in [6.45, 7) is 2.70. The Morgan fingerprint density at radius 3 is 2.43 bits per heavy atom. The molecule has 2 rings (SSSR count). The Hall–Kier alpha value is -1.59. The Morgan fingerprint density at radius 2 is 1.81 bits per heavy atom. The number of fused-ring (bicyclic) bond motifs is 1. The molecule has 2 aromatic carbocycles. The largest absolute Gasteiger partial charge is 0.497 e. The Bertz CT molecular complexity index is 725. The van der Waals surface area contributed by atoms with Crippen LogP contribution in [-0.2, 0) is 9.84 Å². The van der Waals surface area contributed by atoms with E-state index in [2.05, 4.69) is 5.32 Å². The van der Waals surface area contributed by atoms with Gasteiger partial charge in [0.2, 0.25) is 0 Å². The van der Waals surface area contributed by atoms with E-state index in [1.165, 1.54) is 6.26 Å². The molecule has 0 spiro atoms. The minimum absolute atomic E-state index is 0.0997. The van der Waals surface area contributed by atoms with Crippen molar-refractivity contribution in [1.29, 1.82) is 0 Å². The van der Waals surface area contributed by atoms with Crippen molar-refractivity contribution in [3.63, 3.8) is 0 Å². The summed E-state index contributed by atoms with van der Waals surface area (Å²) in [5, 5.41) is 5.39. The van der Waals surface area contributed by atoms with Crippen molar-refractivity contribution in [1.82, 2.24) is 5.32 Å². The summed E-state index contributed by atoms with van der Waals surface area (Å²) in [4.78, 5) is 0. The molecule has 4 nitrogen and oxygen atoms in total. The topological polar surface area (TPSA) is 55.4 Å². The highest BCUT2D eigenvalue weighted by Crippen LogP contribution is 2.25. The smallest absolute Gasteiger partial charge is 0.149 e. The van der Waals surface area contributed by atoms with Crippen molar-refractivity contribution >= 4 is 20.6 Å². The van der Waals surface area contributed by atoms with Gasteiger partial charge < -0.3 is 10.1 Å². The lowest BCUT2D eigenvalue weighted by atomic mass is 10.0. The molecule has 21 heavy (non-hydrogen) atoms. The summed E-state index contributed by atoms with van der Waals surface area (Å²) in [6, 6.07) is 11.7. The Labute approximate surface area is 126 Å². The van der Waals surface area contributed by atoms with Gasteiger partial charge in [0.25, 0.3) is 0 Å². The second-order valence-corrected chi connectivity index (χ2v) is 7.36. The van der Waals surface area contributed by atoms with E-state index in [1.54, 1.807) is 7.11 Å². The number of benzene rings is 2. The van der Waals surface area contributed by atoms with Gasteiger partial charge in [-0.3, -0.25) is 0 Å². The maximum Gasteiger partial charge on any atom is 0.149 e. The minimum Gasteiger partial charge on any atom is -0.497 e. The van der Waals surface area contributed by atoms with Gasteiger partial charge in [-0.05, 0) is 41.1 Å². The van der Waals surface area contributed by atoms with E-state index in [9.17, 15) is 8.42 Å². The van der Waals surface area contributed by atoms with Gasteiger partial charge in [-0.15, -0.1) is 0 Å². The molecule has 1 N–H and O–H groups in total. The van der Waals surface area contributed by atoms with Crippen molar-refractivity contribution in [3.05, 3.63) is 42.0 Å². The third-order valence-electron chi connectivity index (χ3n) is 3.39. The zero-order chi connectivity index (χ0) is 15.5. The first-order chi connectivity index (χ1) is 9.93. The molecule has 114 valence electrons. The van der Waals surface area contributed by atoms with E-state index in [0.29, 0.717) is 0 Å². The number of nitrogens with one attached hydrogen (secondary N) is 1. The monoisotopic (exact) mass is 307 g/mol. The lowest BCUT2D eigenvalue weighted by Gasteiger charge is -2.18. The molecule has 0 bridgehead atoms. The quantitative estimate of drug-likeness (QED) is 0.891. The molecule has 0 aliphatic rings. The maximum absolute atomic E-state index is 11.6. The second-order valence-electron chi connectivity index (χ2n) is 5.18. The van der Waals surface area contributed by atoms with Crippen molar-refractivity contribution in [2.24, 2.45) is 0 Å². The minimum atomic E-state index is -3.04. The van der Waals surface area contributed by atoms with Crippen LogP contribution in [0.25, 0.3) is 10.8 Å². The number of hydrogen-bond acceptors (Lipinski definition) is 4. The fraction of sp³-hybridized carbons (Fsp3) is 0.375. The molecular formula is C16H21NO3S. The molecule has 0 aromatic heterocycles. The molecule has 1 atom stereocenters. The second kappa shape index (κ2) is 6.45. The van der Waals surface area contributed by atoms with Gasteiger partial charge in [-0.25, -0.2) is 8.42 Å². The van der Waals surface area contributed by atoms with E-state index in [0.717, 1.165) is 28.6 Å². The normalized spacial score (nSPS) is 13.3. The predicted octanol–water partition coefficient (Wildman–Crippen LogP) is 2.54. The number of hydrogen-bond donors (Lipinski definition) is 1. The first-order valence-corrected chi connectivity index (χ1v) is 8.98. The van der Waals surface area contributed by atoms with Crippen LogP contribution in [0.2, 0.25) is 0 Å². The van der Waals surface area contributed by atoms with Gasteiger partial charge >= 0.3 is 0 Å². The lowest BCUT2D eigenvalue weighted by molar-refractivity contribution is 0.415. The van der Waals surface area contributed by atoms with E-state index in [4.69, 9.17) is 4.74 Å². The summed E-state index contributed by atoms with van der Waals surface area (Å²) < 4.78 is 28.4. The van der Waals surface area contributed by atoms with Crippen LogP contribution in [0.5, 0.6) is 5.75 Å². The summed E-state index contributed by atoms with van der Waals surface area (Å²) in [7, 11) is -1.40. The molecule has 5 heteroatoms. The molecule has 0 saturated heterocycles. The van der Waals surface area contributed by atoms with Crippen LogP contribution < -0.4 is 10.1 Å². The van der Waals surface area contributed by atoms with E-state index < -0.39 is 9.84 Å². The highest BCUT2D eigenvalue weighted by molar-refractivity contribution is 7.90. The van der Waals surface area contributed by atoms with Gasteiger partial charge in [-0.2, -0.15) is 0 Å². The van der Waals surface area contributed by atoms with E-state index in [1.807, 2.05) is 43.3 Å². The van der Waals surface area contributed by atoms with Crippen molar-refractivity contribution in [2.45, 2.75) is 13.0 Å².